The third-order valence-corrected chi connectivity index (χ3v) is 4.14. The number of Topliss-reactive ketones (excluding diaryl/α,β-unsaturated/α-hetero) is 1. The van der Waals surface area contributed by atoms with Crippen LogP contribution < -0.4 is 4.74 Å². The van der Waals surface area contributed by atoms with Gasteiger partial charge in [0, 0.05) is 6.61 Å². The highest BCUT2D eigenvalue weighted by Gasteiger charge is 2.14. The Bertz CT molecular complexity index is 593. The molecule has 0 unspecified atom stereocenters. The highest BCUT2D eigenvalue weighted by molar-refractivity contribution is 7.20. The van der Waals surface area contributed by atoms with Crippen molar-refractivity contribution in [3.63, 3.8) is 0 Å². The molecule has 2 rings (SSSR count). The molecule has 0 aliphatic carbocycles. The number of hydrogen-bond donors (Lipinski definition) is 1. The Morgan fingerprint density at radius 3 is 2.50 bits per heavy atom. The van der Waals surface area contributed by atoms with Crippen molar-refractivity contribution in [2.24, 2.45) is 0 Å². The molecule has 6 heteroatoms. The number of thiophene rings is 1. The lowest BCUT2D eigenvalue weighted by molar-refractivity contribution is 0.0922. The number of ether oxygens (including phenoxy) is 1. The Morgan fingerprint density at radius 1 is 1.25 bits per heavy atom. The third-order valence-electron chi connectivity index (χ3n) is 2.65. The van der Waals surface area contributed by atoms with Gasteiger partial charge in [-0.2, -0.15) is 0 Å². The Hall–Kier alpha value is -1.07. The zero-order valence-corrected chi connectivity index (χ0v) is 12.8. The maximum atomic E-state index is 11.9. The molecular weight excluding hydrogens is 319 g/mol. The summed E-state index contributed by atoms with van der Waals surface area (Å²) in [5.41, 5.74) is 1.40. The molecule has 0 bridgehead atoms. The number of ketones is 1. The first-order chi connectivity index (χ1) is 9.60. The summed E-state index contributed by atoms with van der Waals surface area (Å²) in [4.78, 5) is 11.9. The van der Waals surface area contributed by atoms with Gasteiger partial charge < -0.3 is 9.84 Å². The van der Waals surface area contributed by atoms with Gasteiger partial charge in [0.1, 0.15) is 10.1 Å². The summed E-state index contributed by atoms with van der Waals surface area (Å²) in [5.74, 6) is 0.384. The fraction of sp³-hybridized carbons (Fsp3) is 0.214. The van der Waals surface area contributed by atoms with Crippen molar-refractivity contribution in [2.45, 2.75) is 6.42 Å². The van der Waals surface area contributed by atoms with Gasteiger partial charge in [-0.3, -0.25) is 4.79 Å². The molecule has 1 aromatic heterocycles. The molecule has 0 atom stereocenters. The number of carbonyl (C=O) groups is 1. The topological polar surface area (TPSA) is 46.5 Å². The Balaban J connectivity index is 1.94. The molecule has 0 radical (unpaired) electrons. The van der Waals surface area contributed by atoms with Crippen molar-refractivity contribution in [1.82, 2.24) is 0 Å². The van der Waals surface area contributed by atoms with Gasteiger partial charge in [0.25, 0.3) is 0 Å². The van der Waals surface area contributed by atoms with Gasteiger partial charge in [0.2, 0.25) is 5.78 Å². The summed E-state index contributed by atoms with van der Waals surface area (Å²) in [6.07, 6.45) is 0.599. The van der Waals surface area contributed by atoms with Crippen molar-refractivity contribution in [3.05, 3.63) is 50.1 Å². The first-order valence-corrected chi connectivity index (χ1v) is 7.48. The van der Waals surface area contributed by atoms with E-state index in [-0.39, 0.29) is 19.0 Å². The van der Waals surface area contributed by atoms with Crippen LogP contribution in [0.15, 0.2) is 30.3 Å². The molecule has 2 aromatic rings. The minimum Gasteiger partial charge on any atom is -0.485 e. The Kier molecular flexibility index (Phi) is 5.43. The van der Waals surface area contributed by atoms with Crippen LogP contribution in [0.1, 0.15) is 15.9 Å². The quantitative estimate of drug-likeness (QED) is 0.818. The standard InChI is InChI=1S/C14H12Cl2O3S/c15-13-7-11(14(16)20-13)12(18)8-19-10-3-1-9(2-4-10)5-6-17/h1-4,7,17H,5-6,8H2. The molecule has 0 amide bonds. The van der Waals surface area contributed by atoms with Gasteiger partial charge >= 0.3 is 0 Å². The van der Waals surface area contributed by atoms with E-state index in [2.05, 4.69) is 0 Å². The van der Waals surface area contributed by atoms with E-state index in [0.717, 1.165) is 16.9 Å². The fourth-order valence-corrected chi connectivity index (χ4v) is 3.14. The molecule has 0 saturated carbocycles. The van der Waals surface area contributed by atoms with Crippen LogP contribution >= 0.6 is 34.5 Å². The Labute approximate surface area is 130 Å². The number of aliphatic hydroxyl groups excluding tert-OH is 1. The van der Waals surface area contributed by atoms with Crippen LogP contribution in [0.4, 0.5) is 0 Å². The largest absolute Gasteiger partial charge is 0.485 e. The smallest absolute Gasteiger partial charge is 0.202 e. The zero-order chi connectivity index (χ0) is 14.5. The number of carbonyl (C=O) groups excluding carboxylic acids is 1. The molecule has 0 aliphatic rings. The van der Waals surface area contributed by atoms with Crippen molar-refractivity contribution >= 4 is 40.3 Å². The van der Waals surface area contributed by atoms with Gasteiger partial charge in [-0.1, -0.05) is 35.3 Å². The van der Waals surface area contributed by atoms with Crippen LogP contribution in [0.5, 0.6) is 5.75 Å². The summed E-state index contributed by atoms with van der Waals surface area (Å²) < 4.78 is 6.27. The predicted octanol–water partition coefficient (Wildman–Crippen LogP) is 3.85. The summed E-state index contributed by atoms with van der Waals surface area (Å²) in [7, 11) is 0. The van der Waals surface area contributed by atoms with Crippen LogP contribution in [-0.4, -0.2) is 24.1 Å². The first kappa shape index (κ1) is 15.3. The van der Waals surface area contributed by atoms with Gasteiger partial charge in [-0.05, 0) is 30.2 Å². The predicted molar refractivity (Wildman–Crippen MR) is 81.4 cm³/mol. The van der Waals surface area contributed by atoms with Gasteiger partial charge in [-0.25, -0.2) is 0 Å². The number of hydrogen-bond acceptors (Lipinski definition) is 4. The molecule has 106 valence electrons. The van der Waals surface area contributed by atoms with Crippen molar-refractivity contribution in [2.75, 3.05) is 13.2 Å². The Morgan fingerprint density at radius 2 is 1.95 bits per heavy atom. The molecule has 0 fully saturated rings. The average Bonchev–Trinajstić information content (AvgIpc) is 2.77. The molecule has 20 heavy (non-hydrogen) atoms. The molecule has 0 spiro atoms. The van der Waals surface area contributed by atoms with Crippen LogP contribution in [0.3, 0.4) is 0 Å². The summed E-state index contributed by atoms with van der Waals surface area (Å²) in [5, 5.41) is 8.82. The highest BCUT2D eigenvalue weighted by atomic mass is 35.5. The van der Waals surface area contributed by atoms with Crippen molar-refractivity contribution in [1.29, 1.82) is 0 Å². The number of rotatable bonds is 6. The van der Waals surface area contributed by atoms with Gasteiger partial charge in [0.05, 0.1) is 9.90 Å². The van der Waals surface area contributed by atoms with Crippen molar-refractivity contribution in [3.8, 4) is 5.75 Å². The highest BCUT2D eigenvalue weighted by Crippen LogP contribution is 2.31. The molecule has 1 aromatic carbocycles. The zero-order valence-electron chi connectivity index (χ0n) is 10.4. The normalized spacial score (nSPS) is 10.6. The van der Waals surface area contributed by atoms with E-state index < -0.39 is 0 Å². The lowest BCUT2D eigenvalue weighted by atomic mass is 10.1. The fourth-order valence-electron chi connectivity index (χ4n) is 1.64. The minimum absolute atomic E-state index is 0.0911. The van der Waals surface area contributed by atoms with E-state index in [1.165, 1.54) is 0 Å². The van der Waals surface area contributed by atoms with E-state index in [1.807, 2.05) is 12.1 Å². The molecule has 3 nitrogen and oxygen atoms in total. The van der Waals surface area contributed by atoms with Crippen LogP contribution in [-0.2, 0) is 6.42 Å². The van der Waals surface area contributed by atoms with E-state index in [4.69, 9.17) is 33.0 Å². The van der Waals surface area contributed by atoms with E-state index in [0.29, 0.717) is 26.4 Å². The number of aliphatic hydroxyl groups is 1. The van der Waals surface area contributed by atoms with E-state index >= 15 is 0 Å². The average molecular weight is 331 g/mol. The number of benzene rings is 1. The van der Waals surface area contributed by atoms with E-state index in [9.17, 15) is 4.79 Å². The van der Waals surface area contributed by atoms with Crippen LogP contribution in [0.25, 0.3) is 0 Å². The van der Waals surface area contributed by atoms with Crippen LogP contribution in [0, 0.1) is 0 Å². The molecular formula is C14H12Cl2O3S. The SMILES string of the molecule is O=C(COc1ccc(CCO)cc1)c1cc(Cl)sc1Cl. The molecule has 1 heterocycles. The van der Waals surface area contributed by atoms with Crippen LogP contribution in [0.2, 0.25) is 8.67 Å². The maximum Gasteiger partial charge on any atom is 0.202 e. The second-order valence-corrected chi connectivity index (χ2v) is 6.35. The second-order valence-electron chi connectivity index (χ2n) is 4.07. The summed E-state index contributed by atoms with van der Waals surface area (Å²) in [6, 6.07) is 8.78. The van der Waals surface area contributed by atoms with Gasteiger partial charge in [-0.15, -0.1) is 11.3 Å². The van der Waals surface area contributed by atoms with Gasteiger partial charge in [0.15, 0.2) is 6.61 Å². The summed E-state index contributed by atoms with van der Waals surface area (Å²) >= 11 is 12.9. The maximum absolute atomic E-state index is 11.9. The minimum atomic E-state index is -0.211. The lowest BCUT2D eigenvalue weighted by Crippen LogP contribution is -2.11. The lowest BCUT2D eigenvalue weighted by Gasteiger charge is -2.06. The second kappa shape index (κ2) is 7.09. The van der Waals surface area contributed by atoms with E-state index in [1.54, 1.807) is 18.2 Å². The van der Waals surface area contributed by atoms with Crippen molar-refractivity contribution < 1.29 is 14.6 Å². The number of halogens is 2. The monoisotopic (exact) mass is 330 g/mol. The third kappa shape index (κ3) is 3.96. The molecule has 0 aliphatic heterocycles. The first-order valence-electron chi connectivity index (χ1n) is 5.91. The molecule has 1 N–H and O–H groups in total. The summed E-state index contributed by atoms with van der Waals surface area (Å²) in [6.45, 7) is 0.0161. The molecule has 0 saturated heterocycles.